The van der Waals surface area contributed by atoms with Gasteiger partial charge < -0.3 is 14.5 Å². The number of nitrogens with zero attached hydrogens (tertiary/aromatic N) is 2. The summed E-state index contributed by atoms with van der Waals surface area (Å²) in [5.41, 5.74) is 3.11. The van der Waals surface area contributed by atoms with Gasteiger partial charge in [-0.25, -0.2) is 0 Å². The molecule has 0 bridgehead atoms. The van der Waals surface area contributed by atoms with E-state index in [1.54, 1.807) is 6.08 Å². The molecule has 0 N–H and O–H groups in total. The Morgan fingerprint density at radius 3 is 2.52 bits per heavy atom. The SMILES string of the molecule is CCN1C(=CC(=O)/C=C/c2ccc(N(C)C)cc2)Oc2ccccc21. The lowest BCUT2D eigenvalue weighted by molar-refractivity contribution is -0.110. The lowest BCUT2D eigenvalue weighted by Crippen LogP contribution is -2.20. The van der Waals surface area contributed by atoms with Crippen LogP contribution in [0.15, 0.2) is 66.6 Å². The van der Waals surface area contributed by atoms with Crippen LogP contribution in [0.2, 0.25) is 0 Å². The van der Waals surface area contributed by atoms with E-state index in [2.05, 4.69) is 0 Å². The number of para-hydroxylation sites is 2. The van der Waals surface area contributed by atoms with Crippen molar-refractivity contribution in [2.24, 2.45) is 0 Å². The van der Waals surface area contributed by atoms with E-state index in [9.17, 15) is 4.79 Å². The normalized spacial score (nSPS) is 14.7. The molecule has 128 valence electrons. The molecule has 2 aromatic carbocycles. The van der Waals surface area contributed by atoms with Crippen molar-refractivity contribution >= 4 is 23.2 Å². The third-order valence-corrected chi connectivity index (χ3v) is 4.07. The third kappa shape index (κ3) is 3.74. The highest BCUT2D eigenvalue weighted by atomic mass is 16.5. The molecule has 4 heteroatoms. The number of allylic oxidation sites excluding steroid dienone is 2. The van der Waals surface area contributed by atoms with Gasteiger partial charge in [0.05, 0.1) is 5.69 Å². The summed E-state index contributed by atoms with van der Waals surface area (Å²) in [7, 11) is 4.00. The first kappa shape index (κ1) is 16.8. The van der Waals surface area contributed by atoms with E-state index in [4.69, 9.17) is 4.74 Å². The zero-order valence-corrected chi connectivity index (χ0v) is 14.8. The van der Waals surface area contributed by atoms with Crippen molar-refractivity contribution in [1.29, 1.82) is 0 Å². The first-order chi connectivity index (χ1) is 12.1. The largest absolute Gasteiger partial charge is 0.438 e. The highest BCUT2D eigenvalue weighted by Crippen LogP contribution is 2.38. The van der Waals surface area contributed by atoms with Gasteiger partial charge >= 0.3 is 0 Å². The number of ether oxygens (including phenoxy) is 1. The van der Waals surface area contributed by atoms with Crippen molar-refractivity contribution in [3.8, 4) is 5.75 Å². The van der Waals surface area contributed by atoms with Crippen LogP contribution in [0.4, 0.5) is 11.4 Å². The first-order valence-electron chi connectivity index (χ1n) is 8.34. The maximum atomic E-state index is 12.3. The minimum absolute atomic E-state index is 0.0991. The van der Waals surface area contributed by atoms with Crippen LogP contribution in [0, 0.1) is 0 Å². The second kappa shape index (κ2) is 7.26. The first-order valence-corrected chi connectivity index (χ1v) is 8.34. The number of carbonyl (C=O) groups is 1. The minimum Gasteiger partial charge on any atom is -0.438 e. The number of ketones is 1. The maximum Gasteiger partial charge on any atom is 0.204 e. The topological polar surface area (TPSA) is 32.8 Å². The number of fused-ring (bicyclic) bond motifs is 1. The molecule has 0 saturated carbocycles. The Balaban J connectivity index is 1.72. The summed E-state index contributed by atoms with van der Waals surface area (Å²) in [5.74, 6) is 1.26. The van der Waals surface area contributed by atoms with Crippen molar-refractivity contribution in [2.45, 2.75) is 6.92 Å². The highest BCUT2D eigenvalue weighted by molar-refractivity contribution is 6.02. The summed E-state index contributed by atoms with van der Waals surface area (Å²) in [6.07, 6.45) is 4.92. The molecule has 1 aliphatic heterocycles. The molecule has 0 spiro atoms. The van der Waals surface area contributed by atoms with Gasteiger partial charge in [0, 0.05) is 32.4 Å². The van der Waals surface area contributed by atoms with Crippen molar-refractivity contribution in [3.05, 3.63) is 72.1 Å². The molecule has 3 rings (SSSR count). The van der Waals surface area contributed by atoms with Crippen LogP contribution in [0.25, 0.3) is 6.08 Å². The van der Waals surface area contributed by atoms with E-state index in [1.165, 1.54) is 6.08 Å². The summed E-state index contributed by atoms with van der Waals surface area (Å²) >= 11 is 0. The second-order valence-electron chi connectivity index (χ2n) is 6.02. The van der Waals surface area contributed by atoms with Crippen molar-refractivity contribution in [3.63, 3.8) is 0 Å². The molecule has 1 heterocycles. The fourth-order valence-electron chi connectivity index (χ4n) is 2.72. The van der Waals surface area contributed by atoms with Crippen LogP contribution in [0.3, 0.4) is 0 Å². The predicted octanol–water partition coefficient (Wildman–Crippen LogP) is 4.10. The summed E-state index contributed by atoms with van der Waals surface area (Å²) in [6, 6.07) is 15.8. The van der Waals surface area contributed by atoms with Crippen LogP contribution >= 0.6 is 0 Å². The molecule has 0 radical (unpaired) electrons. The Morgan fingerprint density at radius 2 is 1.84 bits per heavy atom. The zero-order valence-electron chi connectivity index (χ0n) is 14.8. The molecule has 0 aliphatic carbocycles. The second-order valence-corrected chi connectivity index (χ2v) is 6.02. The molecule has 25 heavy (non-hydrogen) atoms. The molecule has 0 unspecified atom stereocenters. The standard InChI is InChI=1S/C21H22N2O2/c1-4-23-19-7-5-6-8-20(19)25-21(23)15-18(24)14-11-16-9-12-17(13-10-16)22(2)3/h5-15H,4H2,1-3H3/b14-11+,21-15?. The number of carbonyl (C=O) groups excluding carboxylic acids is 1. The number of rotatable bonds is 5. The Morgan fingerprint density at radius 1 is 1.12 bits per heavy atom. The molecule has 2 aromatic rings. The monoisotopic (exact) mass is 334 g/mol. The lowest BCUT2D eigenvalue weighted by atomic mass is 10.1. The minimum atomic E-state index is -0.0991. The lowest BCUT2D eigenvalue weighted by Gasteiger charge is -2.14. The van der Waals surface area contributed by atoms with E-state index >= 15 is 0 Å². The van der Waals surface area contributed by atoms with Crippen molar-refractivity contribution in [1.82, 2.24) is 0 Å². The molecule has 0 atom stereocenters. The maximum absolute atomic E-state index is 12.3. The van der Waals surface area contributed by atoms with Gasteiger partial charge in [-0.3, -0.25) is 4.79 Å². The van der Waals surface area contributed by atoms with E-state index in [-0.39, 0.29) is 5.78 Å². The molecule has 1 aliphatic rings. The molecule has 0 saturated heterocycles. The van der Waals surface area contributed by atoms with Crippen molar-refractivity contribution < 1.29 is 9.53 Å². The Kier molecular flexibility index (Phi) is 4.89. The van der Waals surface area contributed by atoms with E-state index < -0.39 is 0 Å². The number of anilines is 2. The third-order valence-electron chi connectivity index (χ3n) is 4.07. The average Bonchev–Trinajstić information content (AvgIpc) is 2.97. The van der Waals surface area contributed by atoms with E-state index in [0.29, 0.717) is 5.88 Å². The molecule has 0 amide bonds. The van der Waals surface area contributed by atoms with E-state index in [0.717, 1.165) is 29.2 Å². The van der Waals surface area contributed by atoms with Gasteiger partial charge in [-0.15, -0.1) is 0 Å². The summed E-state index contributed by atoms with van der Waals surface area (Å²) in [6.45, 7) is 2.78. The fraction of sp³-hybridized carbons (Fsp3) is 0.190. The Hall–Kier alpha value is -3.01. The molecular formula is C21H22N2O2. The van der Waals surface area contributed by atoms with Crippen LogP contribution in [0.1, 0.15) is 12.5 Å². The number of hydrogen-bond donors (Lipinski definition) is 0. The quantitative estimate of drug-likeness (QED) is 0.771. The predicted molar refractivity (Wildman–Crippen MR) is 103 cm³/mol. The van der Waals surface area contributed by atoms with Crippen molar-refractivity contribution in [2.75, 3.05) is 30.4 Å². The Bertz CT molecular complexity index is 820. The molecular weight excluding hydrogens is 312 g/mol. The summed E-state index contributed by atoms with van der Waals surface area (Å²) in [5, 5.41) is 0. The van der Waals surface area contributed by atoms with Gasteiger partial charge in [-0.1, -0.05) is 30.3 Å². The zero-order chi connectivity index (χ0) is 17.8. The van der Waals surface area contributed by atoms with Gasteiger partial charge in [0.2, 0.25) is 5.88 Å². The molecule has 0 aromatic heterocycles. The summed E-state index contributed by atoms with van der Waals surface area (Å²) < 4.78 is 5.80. The fourth-order valence-corrected chi connectivity index (χ4v) is 2.72. The number of benzene rings is 2. The summed E-state index contributed by atoms with van der Waals surface area (Å²) in [4.78, 5) is 16.3. The van der Waals surface area contributed by atoms with Gasteiger partial charge in [0.15, 0.2) is 11.5 Å². The molecule has 4 nitrogen and oxygen atoms in total. The van der Waals surface area contributed by atoms with E-state index in [1.807, 2.05) is 85.4 Å². The van der Waals surface area contributed by atoms with Gasteiger partial charge in [0.25, 0.3) is 0 Å². The smallest absolute Gasteiger partial charge is 0.204 e. The number of hydrogen-bond acceptors (Lipinski definition) is 4. The van der Waals surface area contributed by atoms with Crippen LogP contribution < -0.4 is 14.5 Å². The van der Waals surface area contributed by atoms with Crippen LogP contribution in [-0.4, -0.2) is 26.4 Å². The van der Waals surface area contributed by atoms with Gasteiger partial charge in [0.1, 0.15) is 0 Å². The highest BCUT2D eigenvalue weighted by Gasteiger charge is 2.24. The Labute approximate surface area is 148 Å². The van der Waals surface area contributed by atoms with Crippen LogP contribution in [-0.2, 0) is 4.79 Å². The van der Waals surface area contributed by atoms with Gasteiger partial charge in [-0.05, 0) is 42.8 Å². The average molecular weight is 334 g/mol. The molecule has 0 fully saturated rings. The van der Waals surface area contributed by atoms with Gasteiger partial charge in [-0.2, -0.15) is 0 Å². The van der Waals surface area contributed by atoms with Crippen LogP contribution in [0.5, 0.6) is 5.75 Å².